The zero-order valence-corrected chi connectivity index (χ0v) is 11.6. The Morgan fingerprint density at radius 2 is 2.20 bits per heavy atom. The summed E-state index contributed by atoms with van der Waals surface area (Å²) in [5.74, 6) is 0.922. The maximum absolute atomic E-state index is 10.7. The number of rotatable bonds is 3. The van der Waals surface area contributed by atoms with Gasteiger partial charge in [-0.25, -0.2) is 9.78 Å². The Bertz CT molecular complexity index is 826. The molecule has 102 valence electrons. The van der Waals surface area contributed by atoms with Gasteiger partial charge < -0.3 is 5.11 Å². The maximum atomic E-state index is 10.7. The molecule has 0 fully saturated rings. The first-order valence-corrected chi connectivity index (χ1v) is 6.71. The van der Waals surface area contributed by atoms with Gasteiger partial charge >= 0.3 is 5.97 Å². The first-order valence-electron chi connectivity index (χ1n) is 5.83. The van der Waals surface area contributed by atoms with E-state index in [1.807, 2.05) is 22.9 Å². The molecule has 0 saturated carbocycles. The first kappa shape index (κ1) is 12.5. The Morgan fingerprint density at radius 1 is 1.40 bits per heavy atom. The monoisotopic (exact) mass is 289 g/mol. The van der Waals surface area contributed by atoms with E-state index >= 15 is 0 Å². The molecule has 0 atom stereocenters. The number of aromatic nitrogens is 5. The number of fused-ring (bicyclic) bond motifs is 1. The standard InChI is InChI=1S/C12H11N5O2S/c1-7-13-8(2)17(15-7)11-9(3-4-10(18)19)16-5-6-20-12(16)14-11/h3-6H,1-2H3,(H,18,19). The summed E-state index contributed by atoms with van der Waals surface area (Å²) in [4.78, 5) is 20.3. The first-order chi connectivity index (χ1) is 9.56. The van der Waals surface area contributed by atoms with E-state index in [1.165, 1.54) is 17.4 Å². The van der Waals surface area contributed by atoms with Crippen LogP contribution in [-0.4, -0.2) is 35.2 Å². The molecule has 0 aliphatic heterocycles. The molecule has 0 amide bonds. The van der Waals surface area contributed by atoms with Crippen LogP contribution in [0.2, 0.25) is 0 Å². The van der Waals surface area contributed by atoms with Gasteiger partial charge in [0.2, 0.25) is 0 Å². The van der Waals surface area contributed by atoms with Gasteiger partial charge in [0, 0.05) is 17.7 Å². The second-order valence-corrected chi connectivity index (χ2v) is 5.04. The summed E-state index contributed by atoms with van der Waals surface area (Å²) in [6.45, 7) is 3.63. The number of carboxylic acid groups (broad SMARTS) is 1. The topological polar surface area (TPSA) is 85.3 Å². The summed E-state index contributed by atoms with van der Waals surface area (Å²) in [6.07, 6.45) is 4.45. The molecular weight excluding hydrogens is 278 g/mol. The van der Waals surface area contributed by atoms with Crippen molar-refractivity contribution in [2.45, 2.75) is 13.8 Å². The van der Waals surface area contributed by atoms with Gasteiger partial charge in [0.1, 0.15) is 11.6 Å². The minimum Gasteiger partial charge on any atom is -0.478 e. The fraction of sp³-hybridized carbons (Fsp3) is 0.167. The quantitative estimate of drug-likeness (QED) is 0.742. The van der Waals surface area contributed by atoms with Crippen LogP contribution in [0.5, 0.6) is 0 Å². The van der Waals surface area contributed by atoms with Crippen LogP contribution in [0.25, 0.3) is 16.9 Å². The summed E-state index contributed by atoms with van der Waals surface area (Å²) in [6, 6.07) is 0. The molecule has 0 bridgehead atoms. The Hall–Kier alpha value is -2.48. The van der Waals surface area contributed by atoms with Crippen molar-refractivity contribution in [3.63, 3.8) is 0 Å². The van der Waals surface area contributed by atoms with Gasteiger partial charge in [-0.05, 0) is 19.9 Å². The molecule has 0 saturated heterocycles. The van der Waals surface area contributed by atoms with E-state index in [0.29, 0.717) is 23.2 Å². The van der Waals surface area contributed by atoms with Crippen molar-refractivity contribution in [3.8, 4) is 5.82 Å². The lowest BCUT2D eigenvalue weighted by atomic mass is 10.3. The van der Waals surface area contributed by atoms with E-state index in [2.05, 4.69) is 15.1 Å². The van der Waals surface area contributed by atoms with Crippen molar-refractivity contribution >= 4 is 28.3 Å². The summed E-state index contributed by atoms with van der Waals surface area (Å²) in [7, 11) is 0. The maximum Gasteiger partial charge on any atom is 0.328 e. The van der Waals surface area contributed by atoms with E-state index in [-0.39, 0.29) is 0 Å². The number of carboxylic acids is 1. The number of aryl methyl sites for hydroxylation is 2. The van der Waals surface area contributed by atoms with Crippen LogP contribution in [0.3, 0.4) is 0 Å². The number of aliphatic carboxylic acids is 1. The molecule has 3 rings (SSSR count). The third-order valence-corrected chi connectivity index (χ3v) is 3.50. The highest BCUT2D eigenvalue weighted by molar-refractivity contribution is 7.15. The predicted octanol–water partition coefficient (Wildman–Crippen LogP) is 1.69. The average Bonchev–Trinajstić information content (AvgIpc) is 3.00. The molecule has 0 aliphatic rings. The van der Waals surface area contributed by atoms with Crippen LogP contribution in [0.15, 0.2) is 17.7 Å². The second kappa shape index (κ2) is 4.57. The highest BCUT2D eigenvalue weighted by atomic mass is 32.1. The highest BCUT2D eigenvalue weighted by Crippen LogP contribution is 2.22. The number of thiazole rings is 1. The van der Waals surface area contributed by atoms with Crippen LogP contribution < -0.4 is 0 Å². The van der Waals surface area contributed by atoms with E-state index in [1.54, 1.807) is 11.6 Å². The number of hydrogen-bond donors (Lipinski definition) is 1. The zero-order valence-electron chi connectivity index (χ0n) is 10.8. The highest BCUT2D eigenvalue weighted by Gasteiger charge is 2.16. The van der Waals surface area contributed by atoms with Crippen LogP contribution >= 0.6 is 11.3 Å². The van der Waals surface area contributed by atoms with Gasteiger partial charge in [0.25, 0.3) is 0 Å². The van der Waals surface area contributed by atoms with Gasteiger partial charge in [-0.15, -0.1) is 16.4 Å². The molecule has 3 aromatic heterocycles. The molecule has 0 unspecified atom stereocenters. The van der Waals surface area contributed by atoms with Crippen molar-refractivity contribution in [3.05, 3.63) is 35.0 Å². The predicted molar refractivity (Wildman–Crippen MR) is 74.1 cm³/mol. The number of hydrogen-bond acceptors (Lipinski definition) is 5. The van der Waals surface area contributed by atoms with E-state index in [0.717, 1.165) is 11.0 Å². The van der Waals surface area contributed by atoms with Crippen LogP contribution in [-0.2, 0) is 4.79 Å². The summed E-state index contributed by atoms with van der Waals surface area (Å²) < 4.78 is 3.45. The minimum absolute atomic E-state index is 0.576. The lowest BCUT2D eigenvalue weighted by molar-refractivity contribution is -0.131. The average molecular weight is 289 g/mol. The number of carbonyl (C=O) groups is 1. The molecule has 0 spiro atoms. The van der Waals surface area contributed by atoms with Crippen LogP contribution in [0, 0.1) is 13.8 Å². The van der Waals surface area contributed by atoms with Crippen molar-refractivity contribution in [2.75, 3.05) is 0 Å². The normalized spacial score (nSPS) is 11.7. The molecule has 3 aromatic rings. The third-order valence-electron chi connectivity index (χ3n) is 2.74. The van der Waals surface area contributed by atoms with Gasteiger partial charge in [-0.2, -0.15) is 9.67 Å². The molecule has 0 radical (unpaired) electrons. The minimum atomic E-state index is -1.01. The Balaban J connectivity index is 2.24. The SMILES string of the molecule is Cc1nc(C)n(-c2nc3sccn3c2C=CC(=O)O)n1. The Labute approximate surface area is 117 Å². The molecule has 20 heavy (non-hydrogen) atoms. The van der Waals surface area contributed by atoms with Crippen LogP contribution in [0.4, 0.5) is 0 Å². The van der Waals surface area contributed by atoms with Gasteiger partial charge in [0.05, 0.1) is 5.69 Å². The molecule has 0 aliphatic carbocycles. The molecular formula is C12H11N5O2S. The van der Waals surface area contributed by atoms with Gasteiger partial charge in [0.15, 0.2) is 10.8 Å². The van der Waals surface area contributed by atoms with Crippen molar-refractivity contribution < 1.29 is 9.90 Å². The fourth-order valence-electron chi connectivity index (χ4n) is 1.97. The summed E-state index contributed by atoms with van der Waals surface area (Å²) in [5.41, 5.74) is 0.664. The van der Waals surface area contributed by atoms with E-state index in [9.17, 15) is 4.79 Å². The van der Waals surface area contributed by atoms with Crippen LogP contribution in [0.1, 0.15) is 17.3 Å². The lowest BCUT2D eigenvalue weighted by Crippen LogP contribution is -2.02. The molecule has 3 heterocycles. The third kappa shape index (κ3) is 1.99. The van der Waals surface area contributed by atoms with E-state index < -0.39 is 5.97 Å². The molecule has 0 aromatic carbocycles. The lowest BCUT2D eigenvalue weighted by Gasteiger charge is -2.00. The Morgan fingerprint density at radius 3 is 2.85 bits per heavy atom. The summed E-state index contributed by atoms with van der Waals surface area (Å²) in [5, 5.41) is 15.0. The van der Waals surface area contributed by atoms with Crippen molar-refractivity contribution in [1.29, 1.82) is 0 Å². The van der Waals surface area contributed by atoms with E-state index in [4.69, 9.17) is 5.11 Å². The largest absolute Gasteiger partial charge is 0.478 e. The Kier molecular flexibility index (Phi) is 2.87. The summed E-state index contributed by atoms with van der Waals surface area (Å²) >= 11 is 1.47. The van der Waals surface area contributed by atoms with Gasteiger partial charge in [-0.1, -0.05) is 0 Å². The van der Waals surface area contributed by atoms with Crippen molar-refractivity contribution in [1.82, 2.24) is 24.1 Å². The fourth-order valence-corrected chi connectivity index (χ4v) is 2.69. The zero-order chi connectivity index (χ0) is 14.3. The molecule has 1 N–H and O–H groups in total. The van der Waals surface area contributed by atoms with Gasteiger partial charge in [-0.3, -0.25) is 4.40 Å². The number of nitrogens with zero attached hydrogens (tertiary/aromatic N) is 5. The second-order valence-electron chi connectivity index (χ2n) is 4.17. The molecule has 7 nitrogen and oxygen atoms in total. The number of imidazole rings is 1. The molecule has 8 heteroatoms. The smallest absolute Gasteiger partial charge is 0.328 e. The van der Waals surface area contributed by atoms with Crippen molar-refractivity contribution in [2.24, 2.45) is 0 Å².